The topological polar surface area (TPSA) is 75.7 Å². The molecule has 0 atom stereocenters. The van der Waals surface area contributed by atoms with Crippen molar-refractivity contribution in [2.24, 2.45) is 0 Å². The summed E-state index contributed by atoms with van der Waals surface area (Å²) in [7, 11) is 0. The number of hydrogen-bond donors (Lipinski definition) is 1. The zero-order valence-corrected chi connectivity index (χ0v) is 17.1. The lowest BCUT2D eigenvalue weighted by molar-refractivity contribution is 0.0642. The zero-order valence-electron chi connectivity index (χ0n) is 17.1. The van der Waals surface area contributed by atoms with Gasteiger partial charge in [0.2, 0.25) is 0 Å². The molecule has 1 aliphatic rings. The van der Waals surface area contributed by atoms with Gasteiger partial charge in [0.1, 0.15) is 12.4 Å². The molecule has 1 aliphatic heterocycles. The van der Waals surface area contributed by atoms with Crippen molar-refractivity contribution in [1.82, 2.24) is 10.2 Å². The molecule has 0 aromatic heterocycles. The molecule has 3 aromatic rings. The van der Waals surface area contributed by atoms with Crippen molar-refractivity contribution >= 4 is 17.7 Å². The van der Waals surface area contributed by atoms with Crippen molar-refractivity contribution in [3.63, 3.8) is 0 Å². The van der Waals surface area contributed by atoms with E-state index in [1.54, 1.807) is 48.5 Å². The van der Waals surface area contributed by atoms with Gasteiger partial charge in [-0.15, -0.1) is 0 Å². The maximum absolute atomic E-state index is 12.6. The van der Waals surface area contributed by atoms with Gasteiger partial charge in [0.05, 0.1) is 24.2 Å². The number of nitrogens with zero attached hydrogens (tertiary/aromatic N) is 1. The first-order valence-electron chi connectivity index (χ1n) is 10.1. The molecule has 31 heavy (non-hydrogen) atoms. The minimum atomic E-state index is -0.316. The summed E-state index contributed by atoms with van der Waals surface area (Å²) in [6.07, 6.45) is 0. The Hall–Kier alpha value is -3.93. The predicted molar refractivity (Wildman–Crippen MR) is 116 cm³/mol. The van der Waals surface area contributed by atoms with E-state index in [4.69, 9.17) is 4.74 Å². The van der Waals surface area contributed by atoms with E-state index in [1.807, 2.05) is 31.2 Å². The van der Waals surface area contributed by atoms with E-state index in [1.165, 1.54) is 4.90 Å². The predicted octanol–water partition coefficient (Wildman–Crippen LogP) is 3.60. The third-order valence-corrected chi connectivity index (χ3v) is 5.15. The van der Waals surface area contributed by atoms with Crippen LogP contribution in [0.5, 0.6) is 5.75 Å². The SMILES string of the molecule is Cc1ccccc1OCCNC(=O)c1cccc(CN2C(=O)c3ccccc3C2=O)c1. The van der Waals surface area contributed by atoms with Gasteiger partial charge in [-0.1, -0.05) is 42.5 Å². The number of nitrogens with one attached hydrogen (secondary N) is 1. The number of benzene rings is 3. The summed E-state index contributed by atoms with van der Waals surface area (Å²) in [4.78, 5) is 38.8. The Kier molecular flexibility index (Phi) is 5.80. The molecule has 1 N–H and O–H groups in total. The van der Waals surface area contributed by atoms with E-state index in [0.717, 1.165) is 11.3 Å². The summed E-state index contributed by atoms with van der Waals surface area (Å²) in [5, 5.41) is 2.83. The lowest BCUT2D eigenvalue weighted by atomic mass is 10.1. The van der Waals surface area contributed by atoms with Crippen molar-refractivity contribution in [2.45, 2.75) is 13.5 Å². The van der Waals surface area contributed by atoms with Crippen molar-refractivity contribution in [1.29, 1.82) is 0 Å². The number of carbonyl (C=O) groups is 3. The van der Waals surface area contributed by atoms with Crippen LogP contribution >= 0.6 is 0 Å². The standard InChI is InChI=1S/C25H22N2O4/c1-17-7-2-5-12-22(17)31-14-13-26-23(28)19-9-6-8-18(15-19)16-27-24(29)20-10-3-4-11-21(20)25(27)30/h2-12,15H,13-14,16H2,1H3,(H,26,28). The Morgan fingerprint density at radius 1 is 0.903 bits per heavy atom. The summed E-state index contributed by atoms with van der Waals surface area (Å²) in [5.74, 6) is -0.0788. The van der Waals surface area contributed by atoms with Gasteiger partial charge < -0.3 is 10.1 Å². The number of ether oxygens (including phenoxy) is 1. The molecule has 156 valence electrons. The van der Waals surface area contributed by atoms with Gasteiger partial charge in [0, 0.05) is 5.56 Å². The molecule has 6 nitrogen and oxygen atoms in total. The maximum atomic E-state index is 12.6. The van der Waals surface area contributed by atoms with Crippen LogP contribution in [0.25, 0.3) is 0 Å². The van der Waals surface area contributed by atoms with Crippen LogP contribution in [0.15, 0.2) is 72.8 Å². The van der Waals surface area contributed by atoms with E-state index in [2.05, 4.69) is 5.32 Å². The number of amides is 3. The second-order valence-electron chi connectivity index (χ2n) is 7.31. The number of hydrogen-bond acceptors (Lipinski definition) is 4. The average Bonchev–Trinajstić information content (AvgIpc) is 3.03. The minimum absolute atomic E-state index is 0.115. The molecule has 0 saturated heterocycles. The van der Waals surface area contributed by atoms with Gasteiger partial charge in [-0.3, -0.25) is 19.3 Å². The van der Waals surface area contributed by atoms with Crippen LogP contribution in [0.2, 0.25) is 0 Å². The van der Waals surface area contributed by atoms with Crippen LogP contribution in [0.1, 0.15) is 42.2 Å². The lowest BCUT2D eigenvalue weighted by Gasteiger charge is -2.14. The van der Waals surface area contributed by atoms with Crippen LogP contribution < -0.4 is 10.1 Å². The van der Waals surface area contributed by atoms with Crippen molar-refractivity contribution in [3.8, 4) is 5.75 Å². The Labute approximate surface area is 180 Å². The van der Waals surface area contributed by atoms with Gasteiger partial charge in [-0.05, 0) is 48.4 Å². The molecule has 3 aromatic carbocycles. The third-order valence-electron chi connectivity index (χ3n) is 5.15. The van der Waals surface area contributed by atoms with E-state index < -0.39 is 0 Å². The molecule has 0 fully saturated rings. The molecule has 0 saturated carbocycles. The van der Waals surface area contributed by atoms with Gasteiger partial charge in [-0.25, -0.2) is 0 Å². The molecular formula is C25H22N2O4. The average molecular weight is 414 g/mol. The van der Waals surface area contributed by atoms with Crippen LogP contribution in [0, 0.1) is 6.92 Å². The van der Waals surface area contributed by atoms with E-state index >= 15 is 0 Å². The lowest BCUT2D eigenvalue weighted by Crippen LogP contribution is -2.30. The fourth-order valence-corrected chi connectivity index (χ4v) is 3.52. The van der Waals surface area contributed by atoms with Crippen LogP contribution in [-0.2, 0) is 6.54 Å². The van der Waals surface area contributed by atoms with Gasteiger partial charge in [-0.2, -0.15) is 0 Å². The largest absolute Gasteiger partial charge is 0.491 e. The van der Waals surface area contributed by atoms with E-state index in [0.29, 0.717) is 35.4 Å². The fourth-order valence-electron chi connectivity index (χ4n) is 3.52. The number of para-hydroxylation sites is 1. The second-order valence-corrected chi connectivity index (χ2v) is 7.31. The zero-order chi connectivity index (χ0) is 21.8. The fraction of sp³-hybridized carbons (Fsp3) is 0.160. The summed E-state index contributed by atoms with van der Waals surface area (Å²) in [5.41, 5.74) is 3.03. The smallest absolute Gasteiger partial charge is 0.261 e. The first-order valence-corrected chi connectivity index (χ1v) is 10.1. The highest BCUT2D eigenvalue weighted by Crippen LogP contribution is 2.24. The Bertz CT molecular complexity index is 1120. The molecule has 0 bridgehead atoms. The minimum Gasteiger partial charge on any atom is -0.491 e. The Balaban J connectivity index is 1.35. The Morgan fingerprint density at radius 3 is 2.29 bits per heavy atom. The van der Waals surface area contributed by atoms with Crippen molar-refractivity contribution in [3.05, 3.63) is 101 Å². The first kappa shape index (κ1) is 20.3. The van der Waals surface area contributed by atoms with Gasteiger partial charge >= 0.3 is 0 Å². The highest BCUT2D eigenvalue weighted by Gasteiger charge is 2.34. The molecule has 0 radical (unpaired) electrons. The molecule has 6 heteroatoms. The number of imide groups is 1. The summed E-state index contributed by atoms with van der Waals surface area (Å²) >= 11 is 0. The molecule has 4 rings (SSSR count). The highest BCUT2D eigenvalue weighted by molar-refractivity contribution is 6.21. The summed E-state index contributed by atoms with van der Waals surface area (Å²) in [6.45, 7) is 2.79. The quantitative estimate of drug-likeness (QED) is 0.473. The normalized spacial score (nSPS) is 12.6. The highest BCUT2D eigenvalue weighted by atomic mass is 16.5. The van der Waals surface area contributed by atoms with Gasteiger partial charge in [0.15, 0.2) is 0 Å². The van der Waals surface area contributed by atoms with Crippen LogP contribution in [-0.4, -0.2) is 35.8 Å². The van der Waals surface area contributed by atoms with E-state index in [-0.39, 0.29) is 24.3 Å². The molecule has 1 heterocycles. The summed E-state index contributed by atoms with van der Waals surface area (Å²) < 4.78 is 5.69. The third kappa shape index (κ3) is 4.33. The van der Waals surface area contributed by atoms with Gasteiger partial charge in [0.25, 0.3) is 17.7 Å². The summed E-state index contributed by atoms with van der Waals surface area (Å²) in [6, 6.07) is 21.4. The molecule has 3 amide bonds. The number of fused-ring (bicyclic) bond motifs is 1. The maximum Gasteiger partial charge on any atom is 0.261 e. The first-order chi connectivity index (χ1) is 15.0. The van der Waals surface area contributed by atoms with Crippen LogP contribution in [0.4, 0.5) is 0 Å². The number of carbonyl (C=O) groups excluding carboxylic acids is 3. The molecule has 0 aliphatic carbocycles. The molecular weight excluding hydrogens is 392 g/mol. The van der Waals surface area contributed by atoms with Crippen molar-refractivity contribution < 1.29 is 19.1 Å². The van der Waals surface area contributed by atoms with Crippen LogP contribution in [0.3, 0.4) is 0 Å². The monoisotopic (exact) mass is 414 g/mol. The van der Waals surface area contributed by atoms with Crippen molar-refractivity contribution in [2.75, 3.05) is 13.2 Å². The second kappa shape index (κ2) is 8.83. The van der Waals surface area contributed by atoms with E-state index in [9.17, 15) is 14.4 Å². The number of aryl methyl sites for hydroxylation is 1. The Morgan fingerprint density at radius 2 is 1.58 bits per heavy atom. The molecule has 0 spiro atoms. The number of rotatable bonds is 7. The molecule has 0 unspecified atom stereocenters.